The molecule has 2 atom stereocenters. The van der Waals surface area contributed by atoms with Gasteiger partial charge in [-0.05, 0) is 30.9 Å². The first-order valence-electron chi connectivity index (χ1n) is 7.56. The van der Waals surface area contributed by atoms with Crippen LogP contribution in [-0.4, -0.2) is 20.7 Å². The molecule has 1 aromatic carbocycles. The first-order valence-corrected chi connectivity index (χ1v) is 7.56. The number of carbonyl (C=O) groups is 1. The number of hydrogen-bond acceptors (Lipinski definition) is 3. The molecule has 0 saturated heterocycles. The number of nitrogens with one attached hydrogen (secondary N) is 1. The van der Waals surface area contributed by atoms with Crippen LogP contribution >= 0.6 is 0 Å². The van der Waals surface area contributed by atoms with Crippen LogP contribution in [0.2, 0.25) is 0 Å². The molecule has 2 aromatic rings. The summed E-state index contributed by atoms with van der Waals surface area (Å²) < 4.78 is 2.17. The summed E-state index contributed by atoms with van der Waals surface area (Å²) in [5.41, 5.74) is 1.85. The van der Waals surface area contributed by atoms with Crippen LogP contribution in [0.25, 0.3) is 11.4 Å². The summed E-state index contributed by atoms with van der Waals surface area (Å²) in [6.07, 6.45) is 3.14. The standard InChI is InChI=1S/C16H18N4O/c1-10-8-13(10)16(21)17-12-5-2-4-11(9-12)15-19-18-14-6-3-7-20(14)15/h2,4-5,9-10,13H,3,6-8H2,1H3,(H,17,21). The summed E-state index contributed by atoms with van der Waals surface area (Å²) >= 11 is 0. The summed E-state index contributed by atoms with van der Waals surface area (Å²) in [6, 6.07) is 7.89. The molecule has 2 unspecified atom stereocenters. The van der Waals surface area contributed by atoms with Gasteiger partial charge in [-0.3, -0.25) is 4.79 Å². The van der Waals surface area contributed by atoms with Gasteiger partial charge in [0.1, 0.15) is 5.82 Å². The molecule has 1 amide bonds. The highest BCUT2D eigenvalue weighted by Gasteiger charge is 2.39. The molecule has 2 heterocycles. The molecule has 0 bridgehead atoms. The molecule has 1 aliphatic heterocycles. The first-order chi connectivity index (χ1) is 10.2. The van der Waals surface area contributed by atoms with Crippen molar-refractivity contribution >= 4 is 11.6 Å². The Hall–Kier alpha value is -2.17. The molecule has 1 N–H and O–H groups in total. The fourth-order valence-electron chi connectivity index (χ4n) is 3.02. The normalized spacial score (nSPS) is 22.9. The Labute approximate surface area is 123 Å². The highest BCUT2D eigenvalue weighted by molar-refractivity contribution is 5.94. The maximum Gasteiger partial charge on any atom is 0.227 e. The Morgan fingerprint density at radius 2 is 2.24 bits per heavy atom. The number of aromatic nitrogens is 3. The molecular weight excluding hydrogens is 264 g/mol. The van der Waals surface area contributed by atoms with Gasteiger partial charge in [-0.2, -0.15) is 0 Å². The van der Waals surface area contributed by atoms with Crippen molar-refractivity contribution in [2.45, 2.75) is 32.7 Å². The Balaban J connectivity index is 1.59. The third kappa shape index (κ3) is 2.22. The van der Waals surface area contributed by atoms with Gasteiger partial charge in [0.25, 0.3) is 0 Å². The summed E-state index contributed by atoms with van der Waals surface area (Å²) in [5, 5.41) is 11.5. The van der Waals surface area contributed by atoms with Gasteiger partial charge < -0.3 is 9.88 Å². The zero-order chi connectivity index (χ0) is 14.4. The van der Waals surface area contributed by atoms with E-state index in [1.807, 2.05) is 24.3 Å². The van der Waals surface area contributed by atoms with E-state index in [0.29, 0.717) is 5.92 Å². The van der Waals surface area contributed by atoms with Crippen LogP contribution < -0.4 is 5.32 Å². The predicted molar refractivity (Wildman–Crippen MR) is 79.7 cm³/mol. The number of rotatable bonds is 3. The molecule has 1 fully saturated rings. The molecule has 1 aliphatic carbocycles. The van der Waals surface area contributed by atoms with Gasteiger partial charge in [0.05, 0.1) is 0 Å². The Morgan fingerprint density at radius 3 is 3.05 bits per heavy atom. The zero-order valence-corrected chi connectivity index (χ0v) is 12.0. The summed E-state index contributed by atoms with van der Waals surface area (Å²) in [5.74, 6) is 2.80. The number of nitrogens with zero attached hydrogens (tertiary/aromatic N) is 3. The van der Waals surface area contributed by atoms with E-state index in [4.69, 9.17) is 0 Å². The van der Waals surface area contributed by atoms with Gasteiger partial charge in [0, 0.05) is 30.1 Å². The van der Waals surface area contributed by atoms with Crippen LogP contribution in [0.3, 0.4) is 0 Å². The number of hydrogen-bond donors (Lipinski definition) is 1. The minimum atomic E-state index is 0.131. The van der Waals surface area contributed by atoms with Crippen molar-refractivity contribution in [1.29, 1.82) is 0 Å². The van der Waals surface area contributed by atoms with Gasteiger partial charge in [-0.15, -0.1) is 10.2 Å². The zero-order valence-electron chi connectivity index (χ0n) is 12.0. The third-order valence-corrected chi connectivity index (χ3v) is 4.44. The largest absolute Gasteiger partial charge is 0.326 e. The predicted octanol–water partition coefficient (Wildman–Crippen LogP) is 2.49. The Kier molecular flexibility index (Phi) is 2.80. The minimum Gasteiger partial charge on any atom is -0.326 e. The van der Waals surface area contributed by atoms with Crippen molar-refractivity contribution < 1.29 is 4.79 Å². The van der Waals surface area contributed by atoms with Gasteiger partial charge >= 0.3 is 0 Å². The molecule has 5 heteroatoms. The number of aryl methyl sites for hydroxylation is 1. The van der Waals surface area contributed by atoms with Crippen molar-refractivity contribution in [3.8, 4) is 11.4 Å². The Bertz CT molecular complexity index is 706. The van der Waals surface area contributed by atoms with E-state index in [2.05, 4.69) is 27.0 Å². The number of fused-ring (bicyclic) bond motifs is 1. The van der Waals surface area contributed by atoms with E-state index in [9.17, 15) is 4.79 Å². The number of anilines is 1. The summed E-state index contributed by atoms with van der Waals surface area (Å²) in [6.45, 7) is 3.09. The molecule has 108 valence electrons. The monoisotopic (exact) mass is 282 g/mol. The van der Waals surface area contributed by atoms with Crippen LogP contribution in [0.5, 0.6) is 0 Å². The van der Waals surface area contributed by atoms with Crippen LogP contribution in [0.4, 0.5) is 5.69 Å². The van der Waals surface area contributed by atoms with E-state index in [-0.39, 0.29) is 11.8 Å². The molecule has 4 rings (SSSR count). The third-order valence-electron chi connectivity index (χ3n) is 4.44. The second-order valence-electron chi connectivity index (χ2n) is 6.08. The fourth-order valence-corrected chi connectivity index (χ4v) is 3.02. The van der Waals surface area contributed by atoms with Gasteiger partial charge in [-0.25, -0.2) is 0 Å². The van der Waals surface area contributed by atoms with Gasteiger partial charge in [0.15, 0.2) is 5.82 Å². The fraction of sp³-hybridized carbons (Fsp3) is 0.438. The maximum absolute atomic E-state index is 12.0. The lowest BCUT2D eigenvalue weighted by Crippen LogP contribution is -2.14. The molecule has 1 aromatic heterocycles. The lowest BCUT2D eigenvalue weighted by molar-refractivity contribution is -0.117. The molecule has 0 spiro atoms. The SMILES string of the molecule is CC1CC1C(=O)Nc1cccc(-c2nnc3n2CCC3)c1. The average Bonchev–Trinajstić information content (AvgIpc) is 2.87. The smallest absolute Gasteiger partial charge is 0.227 e. The average molecular weight is 282 g/mol. The van der Waals surface area contributed by atoms with E-state index < -0.39 is 0 Å². The lowest BCUT2D eigenvalue weighted by atomic mass is 10.2. The van der Waals surface area contributed by atoms with Crippen molar-refractivity contribution in [3.63, 3.8) is 0 Å². The van der Waals surface area contributed by atoms with Crippen LogP contribution in [0, 0.1) is 11.8 Å². The topological polar surface area (TPSA) is 59.8 Å². The van der Waals surface area contributed by atoms with E-state index in [1.54, 1.807) is 0 Å². The van der Waals surface area contributed by atoms with Gasteiger partial charge in [0.2, 0.25) is 5.91 Å². The number of amides is 1. The number of carbonyl (C=O) groups excluding carboxylic acids is 1. The highest BCUT2D eigenvalue weighted by Crippen LogP contribution is 2.38. The molecule has 21 heavy (non-hydrogen) atoms. The first kappa shape index (κ1) is 12.6. The van der Waals surface area contributed by atoms with Crippen molar-refractivity contribution in [1.82, 2.24) is 14.8 Å². The summed E-state index contributed by atoms with van der Waals surface area (Å²) in [4.78, 5) is 12.0. The molecule has 2 aliphatic rings. The van der Waals surface area contributed by atoms with Crippen molar-refractivity contribution in [2.24, 2.45) is 11.8 Å². The number of benzene rings is 1. The van der Waals surface area contributed by atoms with E-state index in [0.717, 1.165) is 48.7 Å². The van der Waals surface area contributed by atoms with Crippen LogP contribution in [-0.2, 0) is 17.8 Å². The maximum atomic E-state index is 12.0. The summed E-state index contributed by atoms with van der Waals surface area (Å²) in [7, 11) is 0. The van der Waals surface area contributed by atoms with E-state index >= 15 is 0 Å². The molecular formula is C16H18N4O. The van der Waals surface area contributed by atoms with Gasteiger partial charge in [-0.1, -0.05) is 19.1 Å². The molecule has 5 nitrogen and oxygen atoms in total. The Morgan fingerprint density at radius 1 is 1.38 bits per heavy atom. The quantitative estimate of drug-likeness (QED) is 0.941. The van der Waals surface area contributed by atoms with Crippen LogP contribution in [0.1, 0.15) is 25.6 Å². The molecule has 0 radical (unpaired) electrons. The highest BCUT2D eigenvalue weighted by atomic mass is 16.2. The lowest BCUT2D eigenvalue weighted by Gasteiger charge is -2.07. The van der Waals surface area contributed by atoms with E-state index in [1.165, 1.54) is 0 Å². The second kappa shape index (κ2) is 4.69. The van der Waals surface area contributed by atoms with Crippen LogP contribution in [0.15, 0.2) is 24.3 Å². The minimum absolute atomic E-state index is 0.131. The van der Waals surface area contributed by atoms with Crippen molar-refractivity contribution in [2.75, 3.05) is 5.32 Å². The second-order valence-corrected chi connectivity index (χ2v) is 6.08. The molecule has 1 saturated carbocycles. The van der Waals surface area contributed by atoms with Crippen molar-refractivity contribution in [3.05, 3.63) is 30.1 Å².